The largest absolute Gasteiger partial charge is 0.450 e. The Labute approximate surface area is 247 Å². The third kappa shape index (κ3) is 7.30. The second-order valence-corrected chi connectivity index (χ2v) is 15.1. The number of rotatable bonds is 13. The van der Waals surface area contributed by atoms with Crippen molar-refractivity contribution in [1.29, 1.82) is 0 Å². The molecule has 0 radical (unpaired) electrons. The van der Waals surface area contributed by atoms with Gasteiger partial charge < -0.3 is 15.8 Å². The second-order valence-electron chi connectivity index (χ2n) is 15.1. The summed E-state index contributed by atoms with van der Waals surface area (Å²) < 4.78 is 4.87. The molecule has 0 aromatic carbocycles. The van der Waals surface area contributed by atoms with Crippen molar-refractivity contribution in [2.45, 2.75) is 143 Å². The normalized spacial score (nSPS) is 38.3. The zero-order valence-corrected chi connectivity index (χ0v) is 27.0. The molecule has 0 aromatic heterocycles. The highest BCUT2D eigenvalue weighted by Gasteiger charge is 2.61. The van der Waals surface area contributed by atoms with Gasteiger partial charge in [-0.25, -0.2) is 4.79 Å². The molecule has 4 rings (SSSR count). The molecule has 1 amide bonds. The lowest BCUT2D eigenvalue weighted by Crippen LogP contribution is -2.61. The van der Waals surface area contributed by atoms with E-state index in [2.05, 4.69) is 39.9 Å². The first-order valence-corrected chi connectivity index (χ1v) is 16.8. The van der Waals surface area contributed by atoms with Gasteiger partial charge in [0.1, 0.15) is 0 Å². The van der Waals surface area contributed by atoms with Crippen LogP contribution in [0.1, 0.15) is 137 Å². The van der Waals surface area contributed by atoms with E-state index in [-0.39, 0.29) is 12.4 Å². The molecule has 4 saturated carbocycles. The number of nitrogens with one attached hydrogen (secondary N) is 1. The van der Waals surface area contributed by atoms with E-state index in [0.29, 0.717) is 23.5 Å². The van der Waals surface area contributed by atoms with Crippen LogP contribution in [-0.2, 0) is 4.74 Å². The fraction of sp³-hybridized carbons (Fsp3) is 0.971. The molecule has 4 aliphatic carbocycles. The minimum Gasteiger partial charge on any atom is -0.450 e. The van der Waals surface area contributed by atoms with E-state index in [1.807, 2.05) is 0 Å². The van der Waals surface area contributed by atoms with Crippen LogP contribution in [0.3, 0.4) is 0 Å². The molecule has 0 saturated heterocycles. The maximum atomic E-state index is 10.7. The molecule has 5 heteroatoms. The number of primary amides is 1. The predicted octanol–water partition coefficient (Wildman–Crippen LogP) is 9.14. The molecule has 0 aromatic rings. The Morgan fingerprint density at radius 2 is 1.67 bits per heavy atom. The Morgan fingerprint density at radius 1 is 0.897 bits per heavy atom. The van der Waals surface area contributed by atoms with Crippen molar-refractivity contribution in [3.05, 3.63) is 0 Å². The smallest absolute Gasteiger partial charge is 0.404 e. The number of amides is 1. The third-order valence-corrected chi connectivity index (χ3v) is 12.7. The molecule has 3 N–H and O–H groups in total. The van der Waals surface area contributed by atoms with Gasteiger partial charge in [-0.15, -0.1) is 12.4 Å². The fourth-order valence-electron chi connectivity index (χ4n) is 10.7. The molecule has 9 atom stereocenters. The van der Waals surface area contributed by atoms with Gasteiger partial charge in [-0.3, -0.25) is 0 Å². The Hall–Kier alpha value is -0.480. The van der Waals surface area contributed by atoms with E-state index in [1.54, 1.807) is 0 Å². The van der Waals surface area contributed by atoms with Crippen LogP contribution in [-0.4, -0.2) is 25.3 Å². The van der Waals surface area contributed by atoms with Crippen molar-refractivity contribution in [3.8, 4) is 0 Å². The standard InChI is InChI=1S/C34H62N2O2.ClH/c1-24(2)12-10-13-25(3)28-18-19-29-27-17-16-26-14-11-15-31(34(26,5)30(27)20-21-33(28,29)4)36-22-8-6-7-9-23-38-32(35)37;/h24-31,36H,6-23H2,1-5H3,(H2,35,37);1H/t25-,26+,27+,28-,29-,30-,31?,33+,34-;/m0./s1. The maximum Gasteiger partial charge on any atom is 0.404 e. The summed E-state index contributed by atoms with van der Waals surface area (Å²) in [5.41, 5.74) is 6.14. The Balaban J connectivity index is 0.00000420. The lowest BCUT2D eigenvalue weighted by Gasteiger charge is -2.63. The van der Waals surface area contributed by atoms with Gasteiger partial charge in [0.15, 0.2) is 0 Å². The summed E-state index contributed by atoms with van der Waals surface area (Å²) in [7, 11) is 0. The lowest BCUT2D eigenvalue weighted by molar-refractivity contribution is -0.127. The number of carbonyl (C=O) groups excluding carboxylic acids is 1. The fourth-order valence-corrected chi connectivity index (χ4v) is 10.7. The minimum atomic E-state index is -0.648. The monoisotopic (exact) mass is 566 g/mol. The number of hydrogen-bond acceptors (Lipinski definition) is 3. The van der Waals surface area contributed by atoms with Crippen LogP contribution in [0.15, 0.2) is 0 Å². The van der Waals surface area contributed by atoms with Crippen LogP contribution in [0, 0.1) is 52.3 Å². The first kappa shape index (κ1) is 33.0. The van der Waals surface area contributed by atoms with E-state index >= 15 is 0 Å². The van der Waals surface area contributed by atoms with E-state index < -0.39 is 6.09 Å². The van der Waals surface area contributed by atoms with Crippen molar-refractivity contribution in [3.63, 3.8) is 0 Å². The quantitative estimate of drug-likeness (QED) is 0.218. The number of unbranched alkanes of at least 4 members (excludes halogenated alkanes) is 3. The van der Waals surface area contributed by atoms with Crippen LogP contribution in [0.2, 0.25) is 0 Å². The molecule has 4 nitrogen and oxygen atoms in total. The highest BCUT2D eigenvalue weighted by Crippen LogP contribution is 2.68. The van der Waals surface area contributed by atoms with Crippen LogP contribution in [0.5, 0.6) is 0 Å². The van der Waals surface area contributed by atoms with Crippen LogP contribution in [0.25, 0.3) is 0 Å². The van der Waals surface area contributed by atoms with Crippen LogP contribution < -0.4 is 11.1 Å². The van der Waals surface area contributed by atoms with Gasteiger partial charge in [0.2, 0.25) is 0 Å². The minimum absolute atomic E-state index is 0. The van der Waals surface area contributed by atoms with Crippen molar-refractivity contribution in [1.82, 2.24) is 5.32 Å². The molecular formula is C34H63ClN2O2. The molecular weight excluding hydrogens is 504 g/mol. The van der Waals surface area contributed by atoms with Gasteiger partial charge >= 0.3 is 6.09 Å². The Morgan fingerprint density at radius 3 is 2.41 bits per heavy atom. The molecule has 1 unspecified atom stereocenters. The van der Waals surface area contributed by atoms with Crippen LogP contribution >= 0.6 is 12.4 Å². The highest BCUT2D eigenvalue weighted by atomic mass is 35.5. The molecule has 4 fully saturated rings. The average molecular weight is 567 g/mol. The summed E-state index contributed by atoms with van der Waals surface area (Å²) in [6.45, 7) is 14.4. The molecule has 0 bridgehead atoms. The molecule has 4 aliphatic rings. The number of hydrogen-bond donors (Lipinski definition) is 2. The Kier molecular flexibility index (Phi) is 12.4. The van der Waals surface area contributed by atoms with Gasteiger partial charge in [0.05, 0.1) is 6.61 Å². The van der Waals surface area contributed by atoms with Crippen LogP contribution in [0.4, 0.5) is 4.79 Å². The maximum absolute atomic E-state index is 10.7. The van der Waals surface area contributed by atoms with E-state index in [4.69, 9.17) is 10.5 Å². The van der Waals surface area contributed by atoms with Gasteiger partial charge in [0.25, 0.3) is 0 Å². The first-order valence-electron chi connectivity index (χ1n) is 16.8. The van der Waals surface area contributed by atoms with Crippen molar-refractivity contribution in [2.24, 2.45) is 58.0 Å². The zero-order chi connectivity index (χ0) is 27.3. The van der Waals surface area contributed by atoms with Crippen molar-refractivity contribution in [2.75, 3.05) is 13.2 Å². The van der Waals surface area contributed by atoms with Gasteiger partial charge in [0, 0.05) is 6.04 Å². The van der Waals surface area contributed by atoms with E-state index in [0.717, 1.165) is 60.8 Å². The average Bonchev–Trinajstić information content (AvgIpc) is 3.22. The summed E-state index contributed by atoms with van der Waals surface area (Å²) >= 11 is 0. The summed E-state index contributed by atoms with van der Waals surface area (Å²) in [6.07, 6.45) is 21.3. The molecule has 228 valence electrons. The second kappa shape index (κ2) is 14.6. The Bertz CT molecular complexity index is 761. The van der Waals surface area contributed by atoms with Crippen molar-refractivity contribution < 1.29 is 9.53 Å². The number of carbonyl (C=O) groups is 1. The summed E-state index contributed by atoms with van der Waals surface area (Å²) in [6, 6.07) is 0.698. The molecule has 0 heterocycles. The lowest BCUT2D eigenvalue weighted by atomic mass is 9.43. The number of fused-ring (bicyclic) bond motifs is 5. The summed E-state index contributed by atoms with van der Waals surface area (Å²) in [5.74, 6) is 6.51. The summed E-state index contributed by atoms with van der Waals surface area (Å²) in [4.78, 5) is 10.7. The molecule has 0 spiro atoms. The molecule has 39 heavy (non-hydrogen) atoms. The van der Waals surface area contributed by atoms with Gasteiger partial charge in [-0.05, 0) is 123 Å². The predicted molar refractivity (Wildman–Crippen MR) is 166 cm³/mol. The molecule has 0 aliphatic heterocycles. The zero-order valence-electron chi connectivity index (χ0n) is 26.1. The number of nitrogens with two attached hydrogens (primary N) is 1. The number of ether oxygens (including phenoxy) is 1. The van der Waals surface area contributed by atoms with E-state index in [9.17, 15) is 4.79 Å². The topological polar surface area (TPSA) is 64.3 Å². The first-order chi connectivity index (χ1) is 18.2. The van der Waals surface area contributed by atoms with Gasteiger partial charge in [-0.1, -0.05) is 73.1 Å². The van der Waals surface area contributed by atoms with Gasteiger partial charge in [-0.2, -0.15) is 0 Å². The third-order valence-electron chi connectivity index (χ3n) is 12.7. The summed E-state index contributed by atoms with van der Waals surface area (Å²) in [5, 5.41) is 4.13. The van der Waals surface area contributed by atoms with Crippen molar-refractivity contribution >= 4 is 18.5 Å². The van der Waals surface area contributed by atoms with E-state index in [1.165, 1.54) is 89.9 Å². The number of halogens is 1. The highest BCUT2D eigenvalue weighted by molar-refractivity contribution is 5.85. The SMILES string of the molecule is CC(C)CCC[C@H](C)[C@@H]1CC[C@H]2[C@H]3CC[C@H]4CCCC(NCCCCCCOC(N)=O)[C@]4(C)[C@H]3CC[C@@]21C.Cl.